The lowest BCUT2D eigenvalue weighted by molar-refractivity contribution is 0.364. The van der Waals surface area contributed by atoms with Crippen molar-refractivity contribution in [1.82, 2.24) is 5.32 Å². The number of benzene rings is 1. The summed E-state index contributed by atoms with van der Waals surface area (Å²) >= 11 is 0. The molecule has 0 bridgehead atoms. The van der Waals surface area contributed by atoms with E-state index < -0.39 is 0 Å². The summed E-state index contributed by atoms with van der Waals surface area (Å²) in [6, 6.07) is 6.48. The Kier molecular flexibility index (Phi) is 6.71. The topological polar surface area (TPSA) is 30.5 Å². The Balaban J connectivity index is 2.80. The van der Waals surface area contributed by atoms with Crippen molar-refractivity contribution in [2.24, 2.45) is 5.92 Å². The minimum absolute atomic E-state index is 0.527. The van der Waals surface area contributed by atoms with Crippen LogP contribution in [-0.2, 0) is 6.42 Å². The van der Waals surface area contributed by atoms with E-state index in [2.05, 4.69) is 26.1 Å². The maximum Gasteiger partial charge on any atom is 0.125 e. The van der Waals surface area contributed by atoms with Gasteiger partial charge in [-0.1, -0.05) is 26.8 Å². The summed E-state index contributed by atoms with van der Waals surface area (Å²) in [4.78, 5) is 0. The Morgan fingerprint density at radius 2 is 1.68 bits per heavy atom. The molecule has 0 aliphatic heterocycles. The number of rotatable bonds is 8. The molecular formula is C16H27NO2. The smallest absolute Gasteiger partial charge is 0.125 e. The molecule has 0 spiro atoms. The van der Waals surface area contributed by atoms with Gasteiger partial charge in [0.2, 0.25) is 0 Å². The molecule has 0 saturated carbocycles. The van der Waals surface area contributed by atoms with E-state index in [9.17, 15) is 0 Å². The normalized spacial score (nSPS) is 12.5. The SMILES string of the molecule is CCNC(CCc1c(OC)cccc1OC)C(C)C. The van der Waals surface area contributed by atoms with Crippen molar-refractivity contribution in [3.05, 3.63) is 23.8 Å². The Morgan fingerprint density at radius 1 is 1.11 bits per heavy atom. The zero-order chi connectivity index (χ0) is 14.3. The molecule has 0 fully saturated rings. The van der Waals surface area contributed by atoms with Crippen molar-refractivity contribution >= 4 is 0 Å². The van der Waals surface area contributed by atoms with Gasteiger partial charge in [-0.05, 0) is 37.4 Å². The predicted molar refractivity (Wildman–Crippen MR) is 80.2 cm³/mol. The summed E-state index contributed by atoms with van der Waals surface area (Å²) in [5.41, 5.74) is 1.16. The molecule has 1 atom stereocenters. The van der Waals surface area contributed by atoms with Crippen LogP contribution in [0.2, 0.25) is 0 Å². The van der Waals surface area contributed by atoms with E-state index in [1.54, 1.807) is 14.2 Å². The molecule has 1 unspecified atom stereocenters. The first-order valence-electron chi connectivity index (χ1n) is 7.07. The zero-order valence-corrected chi connectivity index (χ0v) is 12.8. The van der Waals surface area contributed by atoms with Gasteiger partial charge in [-0.25, -0.2) is 0 Å². The monoisotopic (exact) mass is 265 g/mol. The van der Waals surface area contributed by atoms with Crippen LogP contribution in [0, 0.1) is 5.92 Å². The van der Waals surface area contributed by atoms with Crippen LogP contribution >= 0.6 is 0 Å². The maximum atomic E-state index is 5.44. The number of hydrogen-bond donors (Lipinski definition) is 1. The fourth-order valence-corrected chi connectivity index (χ4v) is 2.41. The fraction of sp³-hybridized carbons (Fsp3) is 0.625. The summed E-state index contributed by atoms with van der Waals surface area (Å²) in [6.07, 6.45) is 2.05. The van der Waals surface area contributed by atoms with Crippen LogP contribution in [0.1, 0.15) is 32.8 Å². The summed E-state index contributed by atoms with van der Waals surface area (Å²) in [7, 11) is 3.42. The molecule has 1 aromatic rings. The minimum Gasteiger partial charge on any atom is -0.496 e. The molecule has 0 aliphatic rings. The van der Waals surface area contributed by atoms with Crippen molar-refractivity contribution in [2.45, 2.75) is 39.7 Å². The highest BCUT2D eigenvalue weighted by molar-refractivity contribution is 5.44. The zero-order valence-electron chi connectivity index (χ0n) is 12.8. The number of hydrogen-bond acceptors (Lipinski definition) is 3. The molecule has 3 heteroatoms. The van der Waals surface area contributed by atoms with Crippen LogP contribution < -0.4 is 14.8 Å². The third-order valence-corrected chi connectivity index (χ3v) is 3.51. The van der Waals surface area contributed by atoms with Gasteiger partial charge in [0.25, 0.3) is 0 Å². The summed E-state index contributed by atoms with van der Waals surface area (Å²) in [5, 5.41) is 3.55. The lowest BCUT2D eigenvalue weighted by Crippen LogP contribution is -2.34. The average molecular weight is 265 g/mol. The van der Waals surface area contributed by atoms with E-state index in [1.165, 1.54) is 0 Å². The third kappa shape index (κ3) is 4.43. The molecule has 108 valence electrons. The Hall–Kier alpha value is -1.22. The van der Waals surface area contributed by atoms with Gasteiger partial charge in [-0.3, -0.25) is 0 Å². The molecule has 0 saturated heterocycles. The van der Waals surface area contributed by atoms with Gasteiger partial charge in [-0.15, -0.1) is 0 Å². The summed E-state index contributed by atoms with van der Waals surface area (Å²) in [6.45, 7) is 7.67. The molecule has 1 rings (SSSR count). The molecule has 0 radical (unpaired) electrons. The van der Waals surface area contributed by atoms with E-state index in [4.69, 9.17) is 9.47 Å². The Labute approximate surface area is 117 Å². The van der Waals surface area contributed by atoms with Crippen LogP contribution in [0.4, 0.5) is 0 Å². The van der Waals surface area contributed by atoms with Gasteiger partial charge in [-0.2, -0.15) is 0 Å². The van der Waals surface area contributed by atoms with Crippen LogP contribution in [-0.4, -0.2) is 26.8 Å². The first-order valence-corrected chi connectivity index (χ1v) is 7.07. The highest BCUT2D eigenvalue weighted by Gasteiger charge is 2.15. The standard InChI is InChI=1S/C16H27NO2/c1-6-17-14(12(2)3)11-10-13-15(18-4)8-7-9-16(13)19-5/h7-9,12,14,17H,6,10-11H2,1-5H3. The number of ether oxygens (including phenoxy) is 2. The highest BCUT2D eigenvalue weighted by Crippen LogP contribution is 2.30. The first-order chi connectivity index (χ1) is 9.13. The molecule has 0 aromatic heterocycles. The quantitative estimate of drug-likeness (QED) is 0.782. The van der Waals surface area contributed by atoms with Gasteiger partial charge < -0.3 is 14.8 Å². The number of nitrogens with one attached hydrogen (secondary N) is 1. The number of methoxy groups -OCH3 is 2. The van der Waals surface area contributed by atoms with Gasteiger partial charge >= 0.3 is 0 Å². The van der Waals surface area contributed by atoms with Gasteiger partial charge in [0, 0.05) is 11.6 Å². The molecule has 0 heterocycles. The largest absolute Gasteiger partial charge is 0.496 e. The second-order valence-electron chi connectivity index (χ2n) is 5.09. The van der Waals surface area contributed by atoms with Crippen LogP contribution in [0.25, 0.3) is 0 Å². The second kappa shape index (κ2) is 8.05. The van der Waals surface area contributed by atoms with Gasteiger partial charge in [0.05, 0.1) is 14.2 Å². The average Bonchev–Trinajstić information content (AvgIpc) is 2.42. The lowest BCUT2D eigenvalue weighted by atomic mass is 9.96. The Morgan fingerprint density at radius 3 is 2.11 bits per heavy atom. The lowest BCUT2D eigenvalue weighted by Gasteiger charge is -2.22. The third-order valence-electron chi connectivity index (χ3n) is 3.51. The summed E-state index contributed by atoms with van der Waals surface area (Å²) < 4.78 is 10.9. The molecule has 0 amide bonds. The summed E-state index contributed by atoms with van der Waals surface area (Å²) in [5.74, 6) is 2.46. The van der Waals surface area contributed by atoms with Crippen molar-refractivity contribution < 1.29 is 9.47 Å². The molecule has 1 aromatic carbocycles. The highest BCUT2D eigenvalue weighted by atomic mass is 16.5. The molecule has 19 heavy (non-hydrogen) atoms. The van der Waals surface area contributed by atoms with Crippen LogP contribution in [0.15, 0.2) is 18.2 Å². The van der Waals surface area contributed by atoms with Crippen molar-refractivity contribution in [3.8, 4) is 11.5 Å². The van der Waals surface area contributed by atoms with Crippen LogP contribution in [0.3, 0.4) is 0 Å². The van der Waals surface area contributed by atoms with Crippen LogP contribution in [0.5, 0.6) is 11.5 Å². The predicted octanol–water partition coefficient (Wildman–Crippen LogP) is 3.27. The van der Waals surface area contributed by atoms with E-state index >= 15 is 0 Å². The van der Waals surface area contributed by atoms with E-state index in [0.717, 1.165) is 36.4 Å². The maximum absolute atomic E-state index is 5.44. The van der Waals surface area contributed by atoms with Crippen molar-refractivity contribution in [1.29, 1.82) is 0 Å². The second-order valence-corrected chi connectivity index (χ2v) is 5.09. The van der Waals surface area contributed by atoms with E-state index in [1.807, 2.05) is 18.2 Å². The molecule has 0 aliphatic carbocycles. The fourth-order valence-electron chi connectivity index (χ4n) is 2.41. The Bertz CT molecular complexity index is 355. The van der Waals surface area contributed by atoms with Gasteiger partial charge in [0.1, 0.15) is 11.5 Å². The first kappa shape index (κ1) is 15.8. The molecule has 1 N–H and O–H groups in total. The van der Waals surface area contributed by atoms with Gasteiger partial charge in [0.15, 0.2) is 0 Å². The molecular weight excluding hydrogens is 238 g/mol. The van der Waals surface area contributed by atoms with E-state index in [0.29, 0.717) is 12.0 Å². The minimum atomic E-state index is 0.527. The van der Waals surface area contributed by atoms with E-state index in [-0.39, 0.29) is 0 Å². The molecule has 3 nitrogen and oxygen atoms in total. The van der Waals surface area contributed by atoms with Crippen molar-refractivity contribution in [2.75, 3.05) is 20.8 Å². The van der Waals surface area contributed by atoms with Crippen molar-refractivity contribution in [3.63, 3.8) is 0 Å².